The lowest BCUT2D eigenvalue weighted by atomic mass is 10.0. The Kier molecular flexibility index (Phi) is 49.3. The van der Waals surface area contributed by atoms with E-state index in [-0.39, 0.29) is 38.6 Å². The minimum atomic E-state index is -1.64. The fourth-order valence-electron chi connectivity index (χ4n) is 7.20. The number of carboxylic acids is 1. The molecule has 0 fully saturated rings. The van der Waals surface area contributed by atoms with E-state index in [2.05, 4.69) is 117 Å². The normalized spacial score (nSPS) is 13.6. The van der Waals surface area contributed by atoms with Gasteiger partial charge in [0.1, 0.15) is 13.2 Å². The van der Waals surface area contributed by atoms with Crippen LogP contribution in [0, 0.1) is 0 Å². The molecule has 0 saturated carbocycles. The van der Waals surface area contributed by atoms with E-state index in [0.29, 0.717) is 23.9 Å². The first-order chi connectivity index (χ1) is 34.6. The molecule has 0 rings (SSSR count). The lowest BCUT2D eigenvalue weighted by Gasteiger charge is -2.26. The van der Waals surface area contributed by atoms with Gasteiger partial charge in [-0.15, -0.1) is 0 Å². The minimum Gasteiger partial charge on any atom is -0.545 e. The number of allylic oxidation sites excluding steroid dienone is 18. The summed E-state index contributed by atoms with van der Waals surface area (Å²) in [6.45, 7) is 4.54. The highest BCUT2D eigenvalue weighted by atomic mass is 16.7. The second-order valence-corrected chi connectivity index (χ2v) is 19.5. The highest BCUT2D eigenvalue weighted by Gasteiger charge is 2.21. The quantitative estimate of drug-likeness (QED) is 0.0195. The molecule has 0 radical (unpaired) electrons. The first kappa shape index (κ1) is 67.0. The van der Waals surface area contributed by atoms with E-state index in [1.54, 1.807) is 0 Å². The third kappa shape index (κ3) is 53.6. The Labute approximate surface area is 434 Å². The van der Waals surface area contributed by atoms with Crippen molar-refractivity contribution in [2.24, 2.45) is 0 Å². The molecule has 0 aliphatic heterocycles. The largest absolute Gasteiger partial charge is 0.545 e. The van der Waals surface area contributed by atoms with Gasteiger partial charge in [-0.1, -0.05) is 207 Å². The van der Waals surface area contributed by atoms with E-state index in [1.165, 1.54) is 89.9 Å². The van der Waals surface area contributed by atoms with Crippen LogP contribution >= 0.6 is 0 Å². The van der Waals surface area contributed by atoms with Crippen LogP contribution in [0.2, 0.25) is 0 Å². The summed E-state index contributed by atoms with van der Waals surface area (Å²) in [6, 6.07) is 0. The molecule has 0 heterocycles. The van der Waals surface area contributed by atoms with Gasteiger partial charge in [0.05, 0.1) is 40.3 Å². The lowest BCUT2D eigenvalue weighted by molar-refractivity contribution is -0.870. The van der Waals surface area contributed by atoms with Crippen molar-refractivity contribution in [1.29, 1.82) is 0 Å². The van der Waals surface area contributed by atoms with Crippen molar-refractivity contribution in [3.8, 4) is 0 Å². The van der Waals surface area contributed by atoms with Gasteiger partial charge in [0, 0.05) is 12.8 Å². The van der Waals surface area contributed by atoms with Crippen LogP contribution in [0.25, 0.3) is 0 Å². The Morgan fingerprint density at radius 1 is 0.437 bits per heavy atom. The molecule has 404 valence electrons. The zero-order valence-corrected chi connectivity index (χ0v) is 45.8. The summed E-state index contributed by atoms with van der Waals surface area (Å²) in [7, 11) is 5.89. The number of carbonyl (C=O) groups excluding carboxylic acids is 3. The second-order valence-electron chi connectivity index (χ2n) is 19.5. The van der Waals surface area contributed by atoms with Gasteiger partial charge in [0.2, 0.25) is 0 Å². The molecule has 9 heteroatoms. The summed E-state index contributed by atoms with van der Waals surface area (Å²) in [5.74, 6) is -2.38. The van der Waals surface area contributed by atoms with Crippen molar-refractivity contribution < 1.29 is 42.9 Å². The molecule has 0 aliphatic carbocycles. The Morgan fingerprint density at radius 3 is 1.24 bits per heavy atom. The summed E-state index contributed by atoms with van der Waals surface area (Å²) in [5.41, 5.74) is 0. The highest BCUT2D eigenvalue weighted by molar-refractivity contribution is 5.70. The second kappa shape index (κ2) is 52.3. The number of quaternary nitrogens is 1. The van der Waals surface area contributed by atoms with Crippen LogP contribution in [0.5, 0.6) is 0 Å². The summed E-state index contributed by atoms with van der Waals surface area (Å²) < 4.78 is 22.6. The lowest BCUT2D eigenvalue weighted by Crippen LogP contribution is -2.44. The number of nitrogens with zero attached hydrogens (tertiary/aromatic N) is 1. The summed E-state index contributed by atoms with van der Waals surface area (Å²) in [5, 5.41) is 11.8. The number of carbonyl (C=O) groups is 3. The molecule has 71 heavy (non-hydrogen) atoms. The number of aliphatic carboxylic acids is 1. The Morgan fingerprint density at radius 2 is 0.817 bits per heavy atom. The molecule has 0 aromatic carbocycles. The van der Waals surface area contributed by atoms with Crippen molar-refractivity contribution in [2.45, 2.75) is 219 Å². The number of hydrogen-bond acceptors (Lipinski definition) is 8. The van der Waals surface area contributed by atoms with Gasteiger partial charge in [0.25, 0.3) is 0 Å². The number of carboxylic acid groups (broad SMARTS) is 1. The molecule has 0 bridgehead atoms. The van der Waals surface area contributed by atoms with Gasteiger partial charge in [0.15, 0.2) is 12.4 Å². The number of ether oxygens (including phenoxy) is 4. The summed E-state index contributed by atoms with van der Waals surface area (Å²) in [4.78, 5) is 37.2. The topological polar surface area (TPSA) is 111 Å². The Balaban J connectivity index is 4.41. The first-order valence-electron chi connectivity index (χ1n) is 28.0. The van der Waals surface area contributed by atoms with Gasteiger partial charge in [-0.2, -0.15) is 0 Å². The molecular weight excluding hydrogens is 887 g/mol. The van der Waals surface area contributed by atoms with E-state index < -0.39 is 24.3 Å². The van der Waals surface area contributed by atoms with Crippen LogP contribution in [0.4, 0.5) is 0 Å². The van der Waals surface area contributed by atoms with E-state index >= 15 is 0 Å². The number of rotatable bonds is 50. The Hall–Kier alpha value is -4.05. The zero-order chi connectivity index (χ0) is 52.0. The third-order valence-corrected chi connectivity index (χ3v) is 11.5. The van der Waals surface area contributed by atoms with Gasteiger partial charge < -0.3 is 33.3 Å². The van der Waals surface area contributed by atoms with Crippen molar-refractivity contribution in [3.05, 3.63) is 109 Å². The molecule has 0 aliphatic rings. The van der Waals surface area contributed by atoms with Crippen LogP contribution in [0.3, 0.4) is 0 Å². The van der Waals surface area contributed by atoms with E-state index in [4.69, 9.17) is 18.9 Å². The Bertz CT molecular complexity index is 1530. The van der Waals surface area contributed by atoms with Gasteiger partial charge >= 0.3 is 11.9 Å². The SMILES string of the molecule is CC/C=C\C/C=C\C/C=C\C/C=C\C/C=C\C/C=C\C/C=C\CCCC(=O)OC(COC(=O)CCCCCCCCCCCCC/C=C\C/C=C\CCCCCCC)COC(OCC[N+](C)(C)C)C(=O)[O-]. The highest BCUT2D eigenvalue weighted by Crippen LogP contribution is 2.14. The molecular formula is C62H103NO8. The van der Waals surface area contributed by atoms with Crippen LogP contribution in [0.1, 0.15) is 206 Å². The number of likely N-dealkylation sites (N-methyl/N-ethyl adjacent to an activating group) is 1. The van der Waals surface area contributed by atoms with Gasteiger partial charge in [-0.3, -0.25) is 9.59 Å². The summed E-state index contributed by atoms with van der Waals surface area (Å²) in [6.07, 6.45) is 68.5. The smallest absolute Gasteiger partial charge is 0.306 e. The van der Waals surface area contributed by atoms with Crippen molar-refractivity contribution in [3.63, 3.8) is 0 Å². The predicted molar refractivity (Wildman–Crippen MR) is 297 cm³/mol. The number of hydrogen-bond donors (Lipinski definition) is 0. The zero-order valence-electron chi connectivity index (χ0n) is 45.8. The van der Waals surface area contributed by atoms with Gasteiger partial charge in [-0.25, -0.2) is 0 Å². The van der Waals surface area contributed by atoms with Crippen molar-refractivity contribution >= 4 is 17.9 Å². The average molecular weight is 991 g/mol. The molecule has 9 nitrogen and oxygen atoms in total. The van der Waals surface area contributed by atoms with Crippen molar-refractivity contribution in [1.82, 2.24) is 0 Å². The van der Waals surface area contributed by atoms with E-state index in [9.17, 15) is 19.5 Å². The summed E-state index contributed by atoms with van der Waals surface area (Å²) >= 11 is 0. The third-order valence-electron chi connectivity index (χ3n) is 11.5. The number of esters is 2. The van der Waals surface area contributed by atoms with Crippen LogP contribution in [-0.2, 0) is 33.3 Å². The maximum atomic E-state index is 12.8. The number of unbranched alkanes of at least 4 members (excludes halogenated alkanes) is 17. The van der Waals surface area contributed by atoms with Crippen molar-refractivity contribution in [2.75, 3.05) is 47.5 Å². The molecule has 0 amide bonds. The van der Waals surface area contributed by atoms with E-state index in [0.717, 1.165) is 77.0 Å². The molecule has 2 atom stereocenters. The molecule has 0 spiro atoms. The van der Waals surface area contributed by atoms with Gasteiger partial charge in [-0.05, 0) is 96.3 Å². The molecule has 0 aromatic heterocycles. The standard InChI is InChI=1S/C62H103NO8/c1-6-8-10-12-14-16-18-20-22-24-26-28-30-32-34-36-38-40-42-44-46-48-50-52-59(64)69-56-58(57-70-62(61(66)67)68-55-54-63(3,4)5)71-60(65)53-51-49-47-45-43-41-39-37-35-33-31-29-27-25-23-21-19-17-15-13-11-9-7-2/h9,11,15,17-18,20-21,23-24,26-27,29,33,35,39,41,45,47,58,62H,6-8,10,12-14,16,19,22,25,28,30-32,34,36-38,40,42-44,46,48-57H2,1-5H3/b11-9-,17-15-,20-18-,23-21-,26-24-,29-27-,35-33-,41-39-,47-45-. The predicted octanol–water partition coefficient (Wildman–Crippen LogP) is 15.0. The minimum absolute atomic E-state index is 0.130. The maximum Gasteiger partial charge on any atom is 0.306 e. The first-order valence-corrected chi connectivity index (χ1v) is 28.0. The van der Waals surface area contributed by atoms with Crippen LogP contribution < -0.4 is 5.11 Å². The maximum absolute atomic E-state index is 12.8. The molecule has 0 N–H and O–H groups in total. The van der Waals surface area contributed by atoms with Crippen LogP contribution in [0.15, 0.2) is 109 Å². The fraction of sp³-hybridized carbons (Fsp3) is 0.661. The molecule has 2 unspecified atom stereocenters. The van der Waals surface area contributed by atoms with Crippen LogP contribution in [-0.4, -0.2) is 82.3 Å². The monoisotopic (exact) mass is 990 g/mol. The molecule has 0 saturated heterocycles. The average Bonchev–Trinajstić information content (AvgIpc) is 3.34. The van der Waals surface area contributed by atoms with E-state index in [1.807, 2.05) is 27.2 Å². The fourth-order valence-corrected chi connectivity index (χ4v) is 7.20. The molecule has 0 aromatic rings.